The number of hydrogen-bond acceptors (Lipinski definition) is 6. The van der Waals surface area contributed by atoms with Gasteiger partial charge in [0.1, 0.15) is 6.54 Å². The lowest BCUT2D eigenvalue weighted by Gasteiger charge is -2.13. The van der Waals surface area contributed by atoms with Gasteiger partial charge in [-0.2, -0.15) is 0 Å². The number of hydrazine groups is 1. The van der Waals surface area contributed by atoms with Crippen LogP contribution in [0.1, 0.15) is 10.5 Å². The second kappa shape index (κ2) is 5.02. The molecule has 3 N–H and O–H groups in total. The molecule has 1 aromatic rings. The predicted molar refractivity (Wildman–Crippen MR) is 61.4 cm³/mol. The first-order valence-electron chi connectivity index (χ1n) is 5.49. The van der Waals surface area contributed by atoms with Gasteiger partial charge in [-0.25, -0.2) is 15.3 Å². The summed E-state index contributed by atoms with van der Waals surface area (Å²) in [5, 5.41) is 7.31. The molecule has 0 saturated carbocycles. The highest BCUT2D eigenvalue weighted by Crippen LogP contribution is 2.07. The molecule has 1 aliphatic heterocycles. The average Bonchev–Trinajstić information content (AvgIpc) is 2.94. The van der Waals surface area contributed by atoms with E-state index in [2.05, 4.69) is 10.3 Å². The monoisotopic (exact) mass is 267 g/mol. The Morgan fingerprint density at radius 2 is 2.21 bits per heavy atom. The minimum atomic E-state index is -0.556. The maximum absolute atomic E-state index is 11.6. The van der Waals surface area contributed by atoms with Crippen LogP contribution in [0.25, 0.3) is 0 Å². The number of amides is 4. The second-order valence-corrected chi connectivity index (χ2v) is 4.02. The van der Waals surface area contributed by atoms with Crippen LogP contribution in [0.2, 0.25) is 0 Å². The second-order valence-electron chi connectivity index (χ2n) is 4.02. The van der Waals surface area contributed by atoms with Gasteiger partial charge >= 0.3 is 6.03 Å². The molecule has 0 bridgehead atoms. The third-order valence-electron chi connectivity index (χ3n) is 2.69. The van der Waals surface area contributed by atoms with Crippen LogP contribution in [0.5, 0.6) is 0 Å². The molecule has 1 fully saturated rings. The zero-order chi connectivity index (χ0) is 14.0. The zero-order valence-electron chi connectivity index (χ0n) is 10.2. The van der Waals surface area contributed by atoms with Crippen molar-refractivity contribution < 1.29 is 14.4 Å². The molecule has 2 rings (SSSR count). The summed E-state index contributed by atoms with van der Waals surface area (Å²) in [7, 11) is 1.55. The van der Waals surface area contributed by atoms with Gasteiger partial charge in [0.15, 0.2) is 5.69 Å². The van der Waals surface area contributed by atoms with Crippen LogP contribution < -0.4 is 11.3 Å². The Balaban J connectivity index is 1.96. The number of carbonyl (C=O) groups is 3. The third kappa shape index (κ3) is 2.52. The van der Waals surface area contributed by atoms with E-state index in [0.29, 0.717) is 0 Å². The Kier molecular flexibility index (Phi) is 3.42. The van der Waals surface area contributed by atoms with Gasteiger partial charge in [-0.3, -0.25) is 19.9 Å². The van der Waals surface area contributed by atoms with E-state index in [1.165, 1.54) is 15.8 Å². The molecule has 0 aromatic carbocycles. The molecule has 1 aromatic heterocycles. The lowest BCUT2D eigenvalue weighted by molar-refractivity contribution is -0.125. The predicted octanol–water partition coefficient (Wildman–Crippen LogP) is -2.22. The SMILES string of the molecule is CN1CC(=O)N(CCn2cc(C(=O)NN)nn2)C1=O. The number of urea groups is 1. The lowest BCUT2D eigenvalue weighted by Crippen LogP contribution is -2.34. The van der Waals surface area contributed by atoms with Gasteiger partial charge in [0.25, 0.3) is 5.91 Å². The van der Waals surface area contributed by atoms with Crippen molar-refractivity contribution in [2.75, 3.05) is 20.1 Å². The van der Waals surface area contributed by atoms with Crippen LogP contribution >= 0.6 is 0 Å². The standard InChI is InChI=1S/C9H13N7O3/c1-14-5-7(17)16(9(14)19)3-2-15-4-6(12-13-15)8(18)11-10/h4H,2-3,5,10H2,1H3,(H,11,18). The van der Waals surface area contributed by atoms with E-state index in [9.17, 15) is 14.4 Å². The first kappa shape index (κ1) is 13.0. The van der Waals surface area contributed by atoms with Crippen molar-refractivity contribution in [1.29, 1.82) is 0 Å². The molecule has 19 heavy (non-hydrogen) atoms. The summed E-state index contributed by atoms with van der Waals surface area (Å²) >= 11 is 0. The van der Waals surface area contributed by atoms with Crippen molar-refractivity contribution in [2.24, 2.45) is 5.84 Å². The molecular weight excluding hydrogens is 254 g/mol. The van der Waals surface area contributed by atoms with Gasteiger partial charge in [-0.15, -0.1) is 5.10 Å². The van der Waals surface area contributed by atoms with Crippen molar-refractivity contribution in [3.63, 3.8) is 0 Å². The van der Waals surface area contributed by atoms with Crippen molar-refractivity contribution in [3.8, 4) is 0 Å². The number of aromatic nitrogens is 3. The van der Waals surface area contributed by atoms with E-state index < -0.39 is 5.91 Å². The number of carbonyl (C=O) groups excluding carboxylic acids is 3. The Bertz CT molecular complexity index is 526. The van der Waals surface area contributed by atoms with Crippen LogP contribution in [-0.4, -0.2) is 62.8 Å². The highest BCUT2D eigenvalue weighted by molar-refractivity contribution is 6.01. The molecule has 102 valence electrons. The number of imide groups is 1. The number of nitrogens with zero attached hydrogens (tertiary/aromatic N) is 5. The molecule has 0 spiro atoms. The van der Waals surface area contributed by atoms with Gasteiger partial charge < -0.3 is 4.90 Å². The number of rotatable bonds is 4. The Morgan fingerprint density at radius 1 is 1.47 bits per heavy atom. The van der Waals surface area contributed by atoms with Gasteiger partial charge in [0.05, 0.1) is 19.3 Å². The van der Waals surface area contributed by atoms with Gasteiger partial charge in [0.2, 0.25) is 5.91 Å². The number of likely N-dealkylation sites (N-methyl/N-ethyl adjacent to an activating group) is 1. The average molecular weight is 267 g/mol. The fraction of sp³-hybridized carbons (Fsp3) is 0.444. The van der Waals surface area contributed by atoms with Crippen LogP contribution in [-0.2, 0) is 11.3 Å². The van der Waals surface area contributed by atoms with E-state index >= 15 is 0 Å². The number of nitrogen functional groups attached to an aromatic ring is 1. The Labute approximate surface area is 108 Å². The van der Waals surface area contributed by atoms with Crippen molar-refractivity contribution >= 4 is 17.8 Å². The van der Waals surface area contributed by atoms with Crippen molar-refractivity contribution in [1.82, 2.24) is 30.2 Å². The van der Waals surface area contributed by atoms with Crippen molar-refractivity contribution in [2.45, 2.75) is 6.54 Å². The highest BCUT2D eigenvalue weighted by Gasteiger charge is 2.33. The molecule has 0 aliphatic carbocycles. The van der Waals surface area contributed by atoms with Crippen LogP contribution in [0.4, 0.5) is 4.79 Å². The van der Waals surface area contributed by atoms with E-state index in [1.807, 2.05) is 5.43 Å². The molecular formula is C9H13N7O3. The first-order chi connectivity index (χ1) is 9.02. The highest BCUT2D eigenvalue weighted by atomic mass is 16.2. The summed E-state index contributed by atoms with van der Waals surface area (Å²) in [4.78, 5) is 36.7. The molecule has 1 aliphatic rings. The summed E-state index contributed by atoms with van der Waals surface area (Å²) in [6, 6.07) is -0.343. The lowest BCUT2D eigenvalue weighted by atomic mass is 10.4. The topological polar surface area (TPSA) is 126 Å². The fourth-order valence-corrected chi connectivity index (χ4v) is 1.68. The summed E-state index contributed by atoms with van der Waals surface area (Å²) in [6.07, 6.45) is 1.39. The van der Waals surface area contributed by atoms with Crippen LogP contribution in [0.15, 0.2) is 6.20 Å². The molecule has 10 heteroatoms. The van der Waals surface area contributed by atoms with E-state index in [0.717, 1.165) is 4.90 Å². The molecule has 1 saturated heterocycles. The van der Waals surface area contributed by atoms with Crippen LogP contribution in [0.3, 0.4) is 0 Å². The Morgan fingerprint density at radius 3 is 2.79 bits per heavy atom. The van der Waals surface area contributed by atoms with E-state index in [1.54, 1.807) is 7.05 Å². The van der Waals surface area contributed by atoms with Gasteiger partial charge in [-0.05, 0) is 0 Å². The summed E-state index contributed by atoms with van der Waals surface area (Å²) in [5.41, 5.74) is 2.00. The minimum absolute atomic E-state index is 0.0682. The molecule has 2 heterocycles. The Hall–Kier alpha value is -2.49. The summed E-state index contributed by atoms with van der Waals surface area (Å²) in [5.74, 6) is 4.15. The molecule has 0 unspecified atom stereocenters. The maximum Gasteiger partial charge on any atom is 0.327 e. The minimum Gasteiger partial charge on any atom is -0.318 e. The van der Waals surface area contributed by atoms with Gasteiger partial charge in [-0.1, -0.05) is 5.21 Å². The molecule has 10 nitrogen and oxygen atoms in total. The van der Waals surface area contributed by atoms with Crippen molar-refractivity contribution in [3.05, 3.63) is 11.9 Å². The summed E-state index contributed by atoms with van der Waals surface area (Å²) in [6.45, 7) is 0.516. The number of hydrogen-bond donors (Lipinski definition) is 2. The first-order valence-corrected chi connectivity index (χ1v) is 5.49. The van der Waals surface area contributed by atoms with Crippen LogP contribution in [0, 0.1) is 0 Å². The normalized spacial score (nSPS) is 15.3. The van der Waals surface area contributed by atoms with E-state index in [-0.39, 0.29) is 37.3 Å². The fourth-order valence-electron chi connectivity index (χ4n) is 1.68. The molecule has 4 amide bonds. The smallest absolute Gasteiger partial charge is 0.318 e. The zero-order valence-corrected chi connectivity index (χ0v) is 10.2. The van der Waals surface area contributed by atoms with E-state index in [4.69, 9.17) is 5.84 Å². The quantitative estimate of drug-likeness (QED) is 0.275. The largest absolute Gasteiger partial charge is 0.327 e. The molecule has 0 radical (unpaired) electrons. The molecule has 0 atom stereocenters. The van der Waals surface area contributed by atoms with Gasteiger partial charge in [0, 0.05) is 7.05 Å². The number of nitrogens with one attached hydrogen (secondary N) is 1. The number of nitrogens with two attached hydrogens (primary N) is 1. The maximum atomic E-state index is 11.6. The summed E-state index contributed by atoms with van der Waals surface area (Å²) < 4.78 is 1.36. The third-order valence-corrected chi connectivity index (χ3v) is 2.69.